The first-order valence-corrected chi connectivity index (χ1v) is 11.8. The highest BCUT2D eigenvalue weighted by atomic mass is 32.2. The van der Waals surface area contributed by atoms with Crippen LogP contribution in [0.5, 0.6) is 17.2 Å². The van der Waals surface area contributed by atoms with Crippen LogP contribution in [0.1, 0.15) is 28.7 Å². The number of hydrogen-bond acceptors (Lipinski definition) is 7. The Morgan fingerprint density at radius 3 is 1.78 bits per heavy atom. The third-order valence-electron chi connectivity index (χ3n) is 4.98. The number of anilines is 1. The molecule has 3 aromatic carbocycles. The lowest BCUT2D eigenvalue weighted by Crippen LogP contribution is -2.27. The summed E-state index contributed by atoms with van der Waals surface area (Å²) in [6, 6.07) is 17.9. The zero-order valence-electron chi connectivity index (χ0n) is 17.4. The average Bonchev–Trinajstić information content (AvgIpc) is 2.73. The second-order valence-electron chi connectivity index (χ2n) is 7.56. The molecule has 0 spiro atoms. The van der Waals surface area contributed by atoms with E-state index in [0.29, 0.717) is 12.1 Å². The topological polar surface area (TPSA) is 139 Å². The van der Waals surface area contributed by atoms with Crippen molar-refractivity contribution < 1.29 is 28.8 Å². The van der Waals surface area contributed by atoms with E-state index in [4.69, 9.17) is 0 Å². The van der Waals surface area contributed by atoms with Crippen molar-refractivity contribution in [2.45, 2.75) is 12.0 Å². The number of aliphatic hydroxyl groups excluding tert-OH is 1. The molecule has 0 bridgehead atoms. The number of phenolic OH excluding ortho intramolecular Hbond substituents is 3. The Morgan fingerprint density at radius 1 is 0.781 bits per heavy atom. The molecular formula is C23H26N2O6S. The Labute approximate surface area is 186 Å². The molecule has 0 aromatic heterocycles. The maximum absolute atomic E-state index is 11.5. The first kappa shape index (κ1) is 23.4. The number of aromatic hydroxyl groups is 3. The van der Waals surface area contributed by atoms with Gasteiger partial charge in [0.25, 0.3) is 0 Å². The van der Waals surface area contributed by atoms with Gasteiger partial charge >= 0.3 is 0 Å². The van der Waals surface area contributed by atoms with Crippen molar-refractivity contribution in [2.24, 2.45) is 0 Å². The van der Waals surface area contributed by atoms with Crippen molar-refractivity contribution in [1.29, 1.82) is 0 Å². The predicted octanol–water partition coefficient (Wildman–Crippen LogP) is 2.63. The van der Waals surface area contributed by atoms with Gasteiger partial charge in [0.1, 0.15) is 17.2 Å². The van der Waals surface area contributed by atoms with E-state index < -0.39 is 16.1 Å². The van der Waals surface area contributed by atoms with Crippen LogP contribution in [0, 0.1) is 0 Å². The van der Waals surface area contributed by atoms with Crippen molar-refractivity contribution in [2.75, 3.05) is 24.1 Å². The summed E-state index contributed by atoms with van der Waals surface area (Å²) in [5.41, 5.74) is 2.32. The van der Waals surface area contributed by atoms with Crippen LogP contribution in [0.4, 0.5) is 5.69 Å². The van der Waals surface area contributed by atoms with Crippen molar-refractivity contribution in [3.8, 4) is 17.2 Å². The maximum atomic E-state index is 11.5. The molecule has 170 valence electrons. The summed E-state index contributed by atoms with van der Waals surface area (Å²) in [6.45, 7) is 0.634. The molecule has 32 heavy (non-hydrogen) atoms. The summed E-state index contributed by atoms with van der Waals surface area (Å²) in [6.07, 6.45) is 0.0279. The van der Waals surface area contributed by atoms with Gasteiger partial charge in [-0.3, -0.25) is 4.72 Å². The summed E-state index contributed by atoms with van der Waals surface area (Å²) in [4.78, 5) is 0. The fourth-order valence-electron chi connectivity index (χ4n) is 3.37. The van der Waals surface area contributed by atoms with Gasteiger partial charge in [0, 0.05) is 19.0 Å². The SMILES string of the molecule is CS(=O)(=O)Nc1cc(C(O)CNCC(c2ccc(O)cc2)c2ccc(O)cc2)ccc1O. The Bertz CT molecular complexity index is 1100. The molecule has 1 atom stereocenters. The quantitative estimate of drug-likeness (QED) is 0.271. The van der Waals surface area contributed by atoms with Gasteiger partial charge in [-0.2, -0.15) is 0 Å². The normalized spacial score (nSPS) is 12.6. The Morgan fingerprint density at radius 2 is 1.28 bits per heavy atom. The van der Waals surface area contributed by atoms with E-state index >= 15 is 0 Å². The molecule has 9 heteroatoms. The third kappa shape index (κ3) is 6.36. The van der Waals surface area contributed by atoms with Crippen molar-refractivity contribution in [3.05, 3.63) is 83.4 Å². The minimum Gasteiger partial charge on any atom is -0.508 e. The monoisotopic (exact) mass is 458 g/mol. The molecule has 0 heterocycles. The Balaban J connectivity index is 1.72. The van der Waals surface area contributed by atoms with Gasteiger partial charge in [-0.1, -0.05) is 30.3 Å². The summed E-state index contributed by atoms with van der Waals surface area (Å²) >= 11 is 0. The zero-order valence-corrected chi connectivity index (χ0v) is 18.2. The van der Waals surface area contributed by atoms with E-state index in [-0.39, 0.29) is 35.4 Å². The molecule has 1 unspecified atom stereocenters. The predicted molar refractivity (Wildman–Crippen MR) is 122 cm³/mol. The molecule has 0 saturated heterocycles. The van der Waals surface area contributed by atoms with Crippen LogP contribution >= 0.6 is 0 Å². The Hall–Kier alpha value is -3.27. The highest BCUT2D eigenvalue weighted by molar-refractivity contribution is 7.92. The minimum absolute atomic E-state index is 0.00452. The number of aliphatic hydroxyl groups is 1. The van der Waals surface area contributed by atoms with Gasteiger partial charge in [0.2, 0.25) is 10.0 Å². The molecule has 6 N–H and O–H groups in total. The molecular weight excluding hydrogens is 432 g/mol. The molecule has 0 amide bonds. The second-order valence-corrected chi connectivity index (χ2v) is 9.31. The van der Waals surface area contributed by atoms with Gasteiger partial charge in [-0.25, -0.2) is 8.42 Å². The summed E-state index contributed by atoms with van der Waals surface area (Å²) in [5.74, 6) is -0.0235. The molecule has 3 aromatic rings. The maximum Gasteiger partial charge on any atom is 0.229 e. The van der Waals surface area contributed by atoms with E-state index in [1.54, 1.807) is 24.3 Å². The molecule has 0 aliphatic heterocycles. The van der Waals surface area contributed by atoms with Crippen LogP contribution in [0.15, 0.2) is 66.7 Å². The standard InChI is InChI=1S/C23H26N2O6S/c1-32(30,31)25-21-12-17(6-11-22(21)28)23(29)14-24-13-20(15-2-7-18(26)8-3-15)16-4-9-19(27)10-5-16/h2-12,20,23-29H,13-14H2,1H3. The van der Waals surface area contributed by atoms with E-state index in [0.717, 1.165) is 17.4 Å². The van der Waals surface area contributed by atoms with Crippen LogP contribution in [-0.2, 0) is 10.0 Å². The molecule has 8 nitrogen and oxygen atoms in total. The van der Waals surface area contributed by atoms with E-state index in [2.05, 4.69) is 10.0 Å². The van der Waals surface area contributed by atoms with Crippen molar-refractivity contribution in [3.63, 3.8) is 0 Å². The molecule has 0 aliphatic carbocycles. The molecule has 0 saturated carbocycles. The molecule has 0 fully saturated rings. The van der Waals surface area contributed by atoms with Gasteiger partial charge in [-0.05, 0) is 53.1 Å². The fourth-order valence-corrected chi connectivity index (χ4v) is 3.93. The molecule has 0 aliphatic rings. The molecule has 3 rings (SSSR count). The first-order chi connectivity index (χ1) is 15.1. The third-order valence-corrected chi connectivity index (χ3v) is 5.57. The van der Waals surface area contributed by atoms with Gasteiger partial charge in [0.15, 0.2) is 0 Å². The Kier molecular flexibility index (Phi) is 7.24. The largest absolute Gasteiger partial charge is 0.508 e. The van der Waals surface area contributed by atoms with Crippen molar-refractivity contribution >= 4 is 15.7 Å². The lowest BCUT2D eigenvalue weighted by Gasteiger charge is -2.21. The second kappa shape index (κ2) is 9.90. The number of hydrogen-bond donors (Lipinski definition) is 6. The number of phenols is 3. The van der Waals surface area contributed by atoms with E-state index in [1.807, 2.05) is 24.3 Å². The van der Waals surface area contributed by atoms with Gasteiger partial charge in [0.05, 0.1) is 18.0 Å². The lowest BCUT2D eigenvalue weighted by atomic mass is 9.91. The minimum atomic E-state index is -3.58. The number of rotatable bonds is 9. The van der Waals surface area contributed by atoms with Gasteiger partial charge in [-0.15, -0.1) is 0 Å². The summed E-state index contributed by atoms with van der Waals surface area (Å²) < 4.78 is 25.1. The number of nitrogens with one attached hydrogen (secondary N) is 2. The highest BCUT2D eigenvalue weighted by Gasteiger charge is 2.17. The number of benzene rings is 3. The van der Waals surface area contributed by atoms with Crippen LogP contribution in [0.3, 0.4) is 0 Å². The van der Waals surface area contributed by atoms with E-state index in [9.17, 15) is 28.8 Å². The zero-order chi connectivity index (χ0) is 23.3. The highest BCUT2D eigenvalue weighted by Crippen LogP contribution is 2.29. The lowest BCUT2D eigenvalue weighted by molar-refractivity contribution is 0.174. The summed E-state index contributed by atoms with van der Waals surface area (Å²) in [5, 5.41) is 42.8. The fraction of sp³-hybridized carbons (Fsp3) is 0.217. The average molecular weight is 459 g/mol. The van der Waals surface area contributed by atoms with Crippen LogP contribution in [0.2, 0.25) is 0 Å². The van der Waals surface area contributed by atoms with Crippen LogP contribution < -0.4 is 10.0 Å². The van der Waals surface area contributed by atoms with Gasteiger partial charge < -0.3 is 25.7 Å². The van der Waals surface area contributed by atoms with Crippen molar-refractivity contribution in [1.82, 2.24) is 5.32 Å². The smallest absolute Gasteiger partial charge is 0.229 e. The summed E-state index contributed by atoms with van der Waals surface area (Å²) in [7, 11) is -3.58. The van der Waals surface area contributed by atoms with Crippen LogP contribution in [0.25, 0.3) is 0 Å². The first-order valence-electron chi connectivity index (χ1n) is 9.90. The van der Waals surface area contributed by atoms with Crippen LogP contribution in [-0.4, -0.2) is 48.2 Å². The number of sulfonamides is 1. The van der Waals surface area contributed by atoms with E-state index in [1.165, 1.54) is 18.2 Å². The molecule has 0 radical (unpaired) electrons.